The first kappa shape index (κ1) is 26.3. The van der Waals surface area contributed by atoms with Crippen LogP contribution in [0.15, 0.2) is 48.5 Å². The van der Waals surface area contributed by atoms with Crippen molar-refractivity contribution in [2.75, 3.05) is 6.61 Å². The maximum Gasteiger partial charge on any atom is 0.407 e. The van der Waals surface area contributed by atoms with E-state index in [1.165, 1.54) is 0 Å². The van der Waals surface area contributed by atoms with Crippen LogP contribution in [-0.2, 0) is 14.3 Å². The van der Waals surface area contributed by atoms with E-state index in [4.69, 9.17) is 9.84 Å². The number of rotatable bonds is 10. The van der Waals surface area contributed by atoms with Crippen molar-refractivity contribution in [3.63, 3.8) is 0 Å². The van der Waals surface area contributed by atoms with E-state index in [1.807, 2.05) is 52.0 Å². The first-order valence-electron chi connectivity index (χ1n) is 12.2. The van der Waals surface area contributed by atoms with Crippen molar-refractivity contribution in [1.82, 2.24) is 10.6 Å². The van der Waals surface area contributed by atoms with Gasteiger partial charge in [0.2, 0.25) is 5.91 Å². The van der Waals surface area contributed by atoms with Gasteiger partial charge in [0.15, 0.2) is 0 Å². The summed E-state index contributed by atoms with van der Waals surface area (Å²) in [6.07, 6.45) is -0.730. The van der Waals surface area contributed by atoms with Crippen LogP contribution >= 0.6 is 0 Å². The normalized spacial score (nSPS) is 15.2. The molecule has 188 valence electrons. The fraction of sp³-hybridized carbons (Fsp3) is 0.464. The van der Waals surface area contributed by atoms with Gasteiger partial charge in [-0.25, -0.2) is 4.79 Å². The lowest BCUT2D eigenvalue weighted by Crippen LogP contribution is -2.51. The van der Waals surface area contributed by atoms with E-state index in [2.05, 4.69) is 34.9 Å². The third kappa shape index (κ3) is 6.21. The van der Waals surface area contributed by atoms with E-state index in [0.29, 0.717) is 0 Å². The predicted octanol–water partition coefficient (Wildman–Crippen LogP) is 4.80. The van der Waals surface area contributed by atoms with Gasteiger partial charge in [-0.2, -0.15) is 0 Å². The predicted molar refractivity (Wildman–Crippen MR) is 135 cm³/mol. The first-order chi connectivity index (χ1) is 16.6. The zero-order valence-corrected chi connectivity index (χ0v) is 21.1. The number of carboxylic acids is 1. The second-order valence-electron chi connectivity index (χ2n) is 9.99. The molecule has 3 N–H and O–H groups in total. The Morgan fingerprint density at radius 1 is 0.857 bits per heavy atom. The Kier molecular flexibility index (Phi) is 8.54. The average Bonchev–Trinajstić information content (AvgIpc) is 3.10. The number of fused-ring (bicyclic) bond motifs is 3. The van der Waals surface area contributed by atoms with E-state index < -0.39 is 30.1 Å². The smallest absolute Gasteiger partial charge is 0.407 e. The number of carboxylic acid groups (broad SMARTS) is 1. The third-order valence-corrected chi connectivity index (χ3v) is 6.78. The van der Waals surface area contributed by atoms with E-state index in [9.17, 15) is 14.4 Å². The molecule has 2 unspecified atom stereocenters. The molecule has 7 nitrogen and oxygen atoms in total. The number of hydrogen-bond donors (Lipinski definition) is 3. The molecule has 2 aromatic rings. The molecule has 0 fully saturated rings. The number of benzene rings is 2. The highest BCUT2D eigenvalue weighted by Crippen LogP contribution is 2.44. The summed E-state index contributed by atoms with van der Waals surface area (Å²) in [6, 6.07) is 15.3. The third-order valence-electron chi connectivity index (χ3n) is 6.78. The SMILES string of the molecule is CC(C)C(C(=O)N[C@H](CC(=O)O)C(C)C)C(C)NC(=O)OCC1c2ccccc2-c2ccccc21. The van der Waals surface area contributed by atoms with Crippen LogP contribution in [0.3, 0.4) is 0 Å². The highest BCUT2D eigenvalue weighted by atomic mass is 16.5. The van der Waals surface area contributed by atoms with Gasteiger partial charge in [-0.05, 0) is 41.0 Å². The molecule has 3 rings (SSSR count). The van der Waals surface area contributed by atoms with E-state index in [1.54, 1.807) is 6.92 Å². The molecule has 35 heavy (non-hydrogen) atoms. The molecular formula is C28H36N2O5. The van der Waals surface area contributed by atoms with Crippen LogP contribution in [0.5, 0.6) is 0 Å². The van der Waals surface area contributed by atoms with Gasteiger partial charge in [0.25, 0.3) is 0 Å². The molecule has 0 radical (unpaired) electrons. The van der Waals surface area contributed by atoms with Crippen LogP contribution < -0.4 is 10.6 Å². The van der Waals surface area contributed by atoms with Crippen molar-refractivity contribution in [2.45, 2.75) is 59.0 Å². The lowest BCUT2D eigenvalue weighted by Gasteiger charge is -2.30. The molecule has 1 aliphatic rings. The van der Waals surface area contributed by atoms with Crippen molar-refractivity contribution < 1.29 is 24.2 Å². The van der Waals surface area contributed by atoms with Crippen LogP contribution in [0.2, 0.25) is 0 Å². The fourth-order valence-electron chi connectivity index (χ4n) is 4.94. The zero-order valence-electron chi connectivity index (χ0n) is 21.1. The summed E-state index contributed by atoms with van der Waals surface area (Å²) >= 11 is 0. The minimum absolute atomic E-state index is 0.0340. The lowest BCUT2D eigenvalue weighted by molar-refractivity contribution is -0.138. The molecule has 0 bridgehead atoms. The van der Waals surface area contributed by atoms with Crippen molar-refractivity contribution in [3.8, 4) is 11.1 Å². The number of nitrogens with one attached hydrogen (secondary N) is 2. The molecule has 2 aromatic carbocycles. The molecule has 3 atom stereocenters. The van der Waals surface area contributed by atoms with Gasteiger partial charge in [-0.3, -0.25) is 9.59 Å². The molecule has 2 amide bonds. The van der Waals surface area contributed by atoms with Crippen LogP contribution in [0.25, 0.3) is 11.1 Å². The highest BCUT2D eigenvalue weighted by molar-refractivity contribution is 5.82. The second kappa shape index (κ2) is 11.4. The number of carbonyl (C=O) groups excluding carboxylic acids is 2. The number of ether oxygens (including phenoxy) is 1. The van der Waals surface area contributed by atoms with Crippen LogP contribution in [0.1, 0.15) is 58.1 Å². The van der Waals surface area contributed by atoms with Gasteiger partial charge in [0, 0.05) is 18.0 Å². The Hall–Kier alpha value is -3.35. The van der Waals surface area contributed by atoms with Crippen LogP contribution in [0.4, 0.5) is 4.79 Å². The summed E-state index contributed by atoms with van der Waals surface area (Å²) in [7, 11) is 0. The molecule has 0 saturated heterocycles. The van der Waals surface area contributed by atoms with Crippen molar-refractivity contribution in [2.24, 2.45) is 17.8 Å². The van der Waals surface area contributed by atoms with Crippen LogP contribution in [0, 0.1) is 17.8 Å². The van der Waals surface area contributed by atoms with Gasteiger partial charge in [0.1, 0.15) is 6.61 Å². The fourth-order valence-corrected chi connectivity index (χ4v) is 4.94. The topological polar surface area (TPSA) is 105 Å². The summed E-state index contributed by atoms with van der Waals surface area (Å²) in [4.78, 5) is 37.0. The Labute approximate surface area is 207 Å². The maximum absolute atomic E-state index is 13.0. The quantitative estimate of drug-likeness (QED) is 0.453. The average molecular weight is 481 g/mol. The van der Waals surface area contributed by atoms with Crippen molar-refractivity contribution in [3.05, 3.63) is 59.7 Å². The number of alkyl carbamates (subject to hydrolysis) is 1. The minimum atomic E-state index is -0.963. The highest BCUT2D eigenvalue weighted by Gasteiger charge is 2.33. The molecule has 0 aliphatic heterocycles. The van der Waals surface area contributed by atoms with E-state index in [-0.39, 0.29) is 36.7 Å². The molecule has 1 aliphatic carbocycles. The Bertz CT molecular complexity index is 1020. The molecule has 0 aromatic heterocycles. The first-order valence-corrected chi connectivity index (χ1v) is 12.2. The van der Waals surface area contributed by atoms with E-state index in [0.717, 1.165) is 22.3 Å². The minimum Gasteiger partial charge on any atom is -0.481 e. The number of amides is 2. The van der Waals surface area contributed by atoms with Crippen LogP contribution in [-0.4, -0.2) is 41.8 Å². The van der Waals surface area contributed by atoms with Gasteiger partial charge >= 0.3 is 12.1 Å². The summed E-state index contributed by atoms with van der Waals surface area (Å²) in [6.45, 7) is 9.52. The summed E-state index contributed by atoms with van der Waals surface area (Å²) in [5, 5.41) is 14.9. The molecular weight excluding hydrogens is 444 g/mol. The Balaban J connectivity index is 1.63. The zero-order chi connectivity index (χ0) is 25.7. The molecule has 0 saturated carbocycles. The van der Waals surface area contributed by atoms with Gasteiger partial charge in [0.05, 0.1) is 12.3 Å². The standard InChI is InChI=1S/C28H36N2O5/c1-16(2)24(14-25(31)32)30-27(33)26(17(3)4)18(5)29-28(34)35-15-23-21-12-8-6-10-19(21)20-11-7-9-13-22(20)23/h6-13,16-18,23-24,26H,14-15H2,1-5H3,(H,29,34)(H,30,33)(H,31,32)/t18?,24-,26?/m1/s1. The summed E-state index contributed by atoms with van der Waals surface area (Å²) < 4.78 is 5.63. The number of carbonyl (C=O) groups is 3. The lowest BCUT2D eigenvalue weighted by atomic mass is 9.87. The Morgan fingerprint density at radius 3 is 1.89 bits per heavy atom. The summed E-state index contributed by atoms with van der Waals surface area (Å²) in [5.41, 5.74) is 4.57. The van der Waals surface area contributed by atoms with Gasteiger partial charge in [-0.15, -0.1) is 0 Å². The van der Waals surface area contributed by atoms with Crippen molar-refractivity contribution >= 4 is 18.0 Å². The van der Waals surface area contributed by atoms with Gasteiger partial charge < -0.3 is 20.5 Å². The largest absolute Gasteiger partial charge is 0.481 e. The summed E-state index contributed by atoms with van der Waals surface area (Å²) in [5.74, 6) is -1.92. The number of aliphatic carboxylic acids is 1. The van der Waals surface area contributed by atoms with Crippen molar-refractivity contribution in [1.29, 1.82) is 0 Å². The second-order valence-corrected chi connectivity index (χ2v) is 9.99. The molecule has 0 heterocycles. The molecule has 7 heteroatoms. The maximum atomic E-state index is 13.0. The van der Waals surface area contributed by atoms with E-state index >= 15 is 0 Å². The number of hydrogen-bond acceptors (Lipinski definition) is 4. The monoisotopic (exact) mass is 480 g/mol. The molecule has 0 spiro atoms. The Morgan fingerprint density at radius 2 is 1.40 bits per heavy atom. The van der Waals surface area contributed by atoms with Gasteiger partial charge in [-0.1, -0.05) is 76.2 Å².